The highest BCUT2D eigenvalue weighted by Crippen LogP contribution is 2.38. The van der Waals surface area contributed by atoms with Crippen LogP contribution in [-0.2, 0) is 0 Å². The summed E-state index contributed by atoms with van der Waals surface area (Å²) in [6.07, 6.45) is 4.86. The molecule has 2 aromatic rings. The molecule has 0 bridgehead atoms. The largest absolute Gasteiger partial charge is 0.390 e. The van der Waals surface area contributed by atoms with Crippen molar-refractivity contribution in [2.75, 3.05) is 11.4 Å². The maximum absolute atomic E-state index is 10.4. The van der Waals surface area contributed by atoms with E-state index in [1.165, 1.54) is 6.42 Å². The Labute approximate surface area is 136 Å². The van der Waals surface area contributed by atoms with Crippen LogP contribution in [0.4, 0.5) is 5.82 Å². The van der Waals surface area contributed by atoms with Crippen molar-refractivity contribution in [2.45, 2.75) is 51.7 Å². The van der Waals surface area contributed by atoms with Gasteiger partial charge in [0.25, 0.3) is 0 Å². The molecule has 2 atom stereocenters. The summed E-state index contributed by atoms with van der Waals surface area (Å²) in [5.74, 6) is 0.911. The van der Waals surface area contributed by atoms with E-state index in [1.54, 1.807) is 6.20 Å². The lowest BCUT2D eigenvalue weighted by molar-refractivity contribution is 0.0562. The van der Waals surface area contributed by atoms with E-state index in [-0.39, 0.29) is 5.92 Å². The minimum absolute atomic E-state index is 0.0520. The van der Waals surface area contributed by atoms with E-state index in [4.69, 9.17) is 11.6 Å². The molecule has 0 aliphatic carbocycles. The molecule has 0 spiro atoms. The summed E-state index contributed by atoms with van der Waals surface area (Å²) < 4.78 is 0. The van der Waals surface area contributed by atoms with E-state index in [0.717, 1.165) is 28.7 Å². The number of aromatic nitrogens is 2. The maximum atomic E-state index is 10.4. The van der Waals surface area contributed by atoms with Gasteiger partial charge in [-0.1, -0.05) is 18.5 Å². The number of rotatable bonds is 3. The van der Waals surface area contributed by atoms with Gasteiger partial charge in [-0.3, -0.25) is 0 Å². The summed E-state index contributed by atoms with van der Waals surface area (Å²) in [5.41, 5.74) is 0.180. The van der Waals surface area contributed by atoms with Gasteiger partial charge in [-0.15, -0.1) is 0 Å². The Hall–Kier alpha value is -1.39. The van der Waals surface area contributed by atoms with Crippen molar-refractivity contribution in [1.29, 1.82) is 0 Å². The highest BCUT2D eigenvalue weighted by Gasteiger charge is 2.30. The number of nitrogens with zero attached hydrogens (tertiary/aromatic N) is 3. The summed E-state index contributed by atoms with van der Waals surface area (Å²) in [4.78, 5) is 11.2. The molecule has 0 aromatic carbocycles. The molecule has 4 nitrogen and oxygen atoms in total. The van der Waals surface area contributed by atoms with Crippen molar-refractivity contribution in [2.24, 2.45) is 0 Å². The summed E-state index contributed by atoms with van der Waals surface area (Å²) in [7, 11) is 0. The molecule has 118 valence electrons. The van der Waals surface area contributed by atoms with Crippen molar-refractivity contribution in [3.63, 3.8) is 0 Å². The Morgan fingerprint density at radius 3 is 2.59 bits per heavy atom. The second kappa shape index (κ2) is 5.36. The van der Waals surface area contributed by atoms with Gasteiger partial charge < -0.3 is 10.0 Å². The number of pyridine rings is 2. The third-order valence-corrected chi connectivity index (χ3v) is 5.07. The van der Waals surface area contributed by atoms with Crippen molar-refractivity contribution in [3.8, 4) is 0 Å². The van der Waals surface area contributed by atoms with Crippen LogP contribution in [-0.4, -0.2) is 33.3 Å². The van der Waals surface area contributed by atoms with Crippen LogP contribution in [0, 0.1) is 0 Å². The number of fused-ring (bicyclic) bond motifs is 1. The number of anilines is 1. The first kappa shape index (κ1) is 15.5. The highest BCUT2D eigenvalue weighted by atomic mass is 35.5. The molecule has 0 saturated carbocycles. The van der Waals surface area contributed by atoms with Gasteiger partial charge in [-0.25, -0.2) is 9.97 Å². The predicted octanol–water partition coefficient (Wildman–Crippen LogP) is 3.76. The molecule has 1 aliphatic rings. The SMILES string of the molecule is CC(c1cnc(N2CC[C@H]2C)c2cnc(Cl)cc12)C(C)(C)O. The fourth-order valence-electron chi connectivity index (χ4n) is 2.90. The molecule has 1 saturated heterocycles. The number of aliphatic hydroxyl groups is 1. The zero-order valence-electron chi connectivity index (χ0n) is 13.5. The molecule has 1 fully saturated rings. The van der Waals surface area contributed by atoms with Crippen LogP contribution in [0.25, 0.3) is 10.8 Å². The third-order valence-electron chi connectivity index (χ3n) is 4.87. The van der Waals surface area contributed by atoms with Crippen LogP contribution in [0.15, 0.2) is 18.5 Å². The van der Waals surface area contributed by atoms with E-state index in [1.807, 2.05) is 33.0 Å². The molecule has 1 aliphatic heterocycles. The zero-order chi connectivity index (χ0) is 16.1. The van der Waals surface area contributed by atoms with Crippen LogP contribution in [0.5, 0.6) is 0 Å². The van der Waals surface area contributed by atoms with Crippen molar-refractivity contribution < 1.29 is 5.11 Å². The van der Waals surface area contributed by atoms with Crippen LogP contribution < -0.4 is 4.90 Å². The van der Waals surface area contributed by atoms with E-state index < -0.39 is 5.60 Å². The maximum Gasteiger partial charge on any atom is 0.138 e. The lowest BCUT2D eigenvalue weighted by atomic mass is 9.85. The Morgan fingerprint density at radius 2 is 2.05 bits per heavy atom. The Balaban J connectivity index is 2.19. The van der Waals surface area contributed by atoms with Gasteiger partial charge in [0.1, 0.15) is 11.0 Å². The predicted molar refractivity (Wildman–Crippen MR) is 90.7 cm³/mol. The van der Waals surface area contributed by atoms with Crippen LogP contribution in [0.2, 0.25) is 5.15 Å². The molecular formula is C17H22ClN3O. The van der Waals surface area contributed by atoms with Gasteiger partial charge in [-0.05, 0) is 44.2 Å². The molecule has 1 N–H and O–H groups in total. The van der Waals surface area contributed by atoms with E-state index in [2.05, 4.69) is 21.8 Å². The second-order valence-electron chi connectivity index (χ2n) is 6.80. The van der Waals surface area contributed by atoms with Crippen LogP contribution in [0.3, 0.4) is 0 Å². The van der Waals surface area contributed by atoms with E-state index >= 15 is 0 Å². The van der Waals surface area contributed by atoms with Gasteiger partial charge in [0.2, 0.25) is 0 Å². The fourth-order valence-corrected chi connectivity index (χ4v) is 3.06. The molecule has 1 unspecified atom stereocenters. The van der Waals surface area contributed by atoms with Crippen LogP contribution in [0.1, 0.15) is 45.6 Å². The smallest absolute Gasteiger partial charge is 0.138 e. The Kier molecular flexibility index (Phi) is 3.77. The summed E-state index contributed by atoms with van der Waals surface area (Å²) in [5, 5.41) is 12.9. The van der Waals surface area contributed by atoms with Gasteiger partial charge in [0.15, 0.2) is 0 Å². The molecule has 3 heterocycles. The van der Waals surface area contributed by atoms with Crippen molar-refractivity contribution in [3.05, 3.63) is 29.2 Å². The average molecular weight is 320 g/mol. The molecule has 0 amide bonds. The Morgan fingerprint density at radius 1 is 1.32 bits per heavy atom. The normalized spacial score (nSPS) is 20.1. The zero-order valence-corrected chi connectivity index (χ0v) is 14.2. The van der Waals surface area contributed by atoms with E-state index in [9.17, 15) is 5.11 Å². The van der Waals surface area contributed by atoms with Gasteiger partial charge in [0, 0.05) is 36.3 Å². The lowest BCUT2D eigenvalue weighted by Gasteiger charge is -2.40. The molecule has 0 radical (unpaired) electrons. The van der Waals surface area contributed by atoms with Crippen molar-refractivity contribution in [1.82, 2.24) is 9.97 Å². The lowest BCUT2D eigenvalue weighted by Crippen LogP contribution is -2.46. The third kappa shape index (κ3) is 2.55. The van der Waals surface area contributed by atoms with Crippen molar-refractivity contribution >= 4 is 28.2 Å². The first-order valence-electron chi connectivity index (χ1n) is 7.72. The van der Waals surface area contributed by atoms with E-state index in [0.29, 0.717) is 11.2 Å². The Bertz CT molecular complexity index is 711. The van der Waals surface area contributed by atoms with Gasteiger partial charge in [0.05, 0.1) is 5.60 Å². The average Bonchev–Trinajstić information content (AvgIpc) is 2.44. The second-order valence-corrected chi connectivity index (χ2v) is 7.18. The summed E-state index contributed by atoms with van der Waals surface area (Å²) in [6.45, 7) is 8.87. The number of hydrogen-bond acceptors (Lipinski definition) is 4. The molecule has 5 heteroatoms. The number of hydrogen-bond donors (Lipinski definition) is 1. The summed E-state index contributed by atoms with van der Waals surface area (Å²) >= 11 is 6.11. The minimum atomic E-state index is -0.823. The number of halogens is 1. The fraction of sp³-hybridized carbons (Fsp3) is 0.529. The standard InChI is InChI=1S/C17H22ClN3O/c1-10-5-6-21(10)16-14-9-19-15(18)7-12(14)13(8-20-16)11(2)17(3,4)22/h7-11,22H,5-6H2,1-4H3/t10-,11?/m1/s1. The molecule has 22 heavy (non-hydrogen) atoms. The topological polar surface area (TPSA) is 49.2 Å². The highest BCUT2D eigenvalue weighted by molar-refractivity contribution is 6.30. The molecular weight excluding hydrogens is 298 g/mol. The first-order chi connectivity index (χ1) is 10.3. The molecule has 3 rings (SSSR count). The quantitative estimate of drug-likeness (QED) is 0.875. The van der Waals surface area contributed by atoms with Gasteiger partial charge >= 0.3 is 0 Å². The van der Waals surface area contributed by atoms with Gasteiger partial charge in [-0.2, -0.15) is 0 Å². The minimum Gasteiger partial charge on any atom is -0.390 e. The summed E-state index contributed by atoms with van der Waals surface area (Å²) in [6, 6.07) is 2.38. The first-order valence-corrected chi connectivity index (χ1v) is 8.10. The molecule has 2 aromatic heterocycles. The van der Waals surface area contributed by atoms with Crippen LogP contribution >= 0.6 is 11.6 Å². The monoisotopic (exact) mass is 319 g/mol.